The van der Waals surface area contributed by atoms with Crippen LogP contribution in [-0.4, -0.2) is 60.3 Å². The SMILES string of the molecule is CCNC(=NCCc1cccnc1)N(C)CCC(NC(=O)OC(C)(C)C)C(C)C. The molecule has 0 saturated carbocycles. The van der Waals surface area contributed by atoms with Crippen LogP contribution in [0, 0.1) is 5.92 Å². The van der Waals surface area contributed by atoms with Crippen LogP contribution in [0.3, 0.4) is 0 Å². The number of ether oxygens (including phenoxy) is 1. The Morgan fingerprint density at radius 1 is 1.34 bits per heavy atom. The maximum absolute atomic E-state index is 12.1. The molecule has 0 radical (unpaired) electrons. The van der Waals surface area contributed by atoms with Crippen molar-refractivity contribution in [2.75, 3.05) is 26.7 Å². The van der Waals surface area contributed by atoms with Gasteiger partial charge in [-0.1, -0.05) is 19.9 Å². The van der Waals surface area contributed by atoms with E-state index in [4.69, 9.17) is 9.73 Å². The first-order valence-corrected chi connectivity index (χ1v) is 10.5. The van der Waals surface area contributed by atoms with Crippen molar-refractivity contribution >= 4 is 12.1 Å². The molecule has 0 saturated heterocycles. The van der Waals surface area contributed by atoms with Gasteiger partial charge in [-0.05, 0) is 58.1 Å². The molecular weight excluding hydrogens is 366 g/mol. The lowest BCUT2D eigenvalue weighted by molar-refractivity contribution is 0.0486. The van der Waals surface area contributed by atoms with Crippen molar-refractivity contribution in [3.63, 3.8) is 0 Å². The Balaban J connectivity index is 2.61. The van der Waals surface area contributed by atoms with E-state index >= 15 is 0 Å². The fraction of sp³-hybridized carbons (Fsp3) is 0.682. The average molecular weight is 406 g/mol. The third-order valence-corrected chi connectivity index (χ3v) is 4.36. The fourth-order valence-electron chi connectivity index (χ4n) is 2.78. The number of nitrogens with one attached hydrogen (secondary N) is 2. The minimum Gasteiger partial charge on any atom is -0.444 e. The first-order chi connectivity index (χ1) is 13.6. The van der Waals surface area contributed by atoms with Crippen LogP contribution in [0.15, 0.2) is 29.5 Å². The molecule has 0 aliphatic rings. The van der Waals surface area contributed by atoms with Gasteiger partial charge in [-0.15, -0.1) is 0 Å². The number of hydrogen-bond acceptors (Lipinski definition) is 4. The summed E-state index contributed by atoms with van der Waals surface area (Å²) in [6, 6.07) is 4.04. The highest BCUT2D eigenvalue weighted by Gasteiger charge is 2.22. The standard InChI is InChI=1S/C22H39N5O2/c1-8-24-20(25-14-11-18-10-9-13-23-16-18)27(7)15-12-19(17(2)3)26-21(28)29-22(4,5)6/h9-10,13,16-17,19H,8,11-12,14-15H2,1-7H3,(H,24,25)(H,26,28). The maximum Gasteiger partial charge on any atom is 0.407 e. The van der Waals surface area contributed by atoms with E-state index in [2.05, 4.69) is 47.4 Å². The Hall–Kier alpha value is -2.31. The van der Waals surface area contributed by atoms with Gasteiger partial charge in [0.25, 0.3) is 0 Å². The van der Waals surface area contributed by atoms with Crippen LogP contribution < -0.4 is 10.6 Å². The lowest BCUT2D eigenvalue weighted by atomic mass is 10.0. The molecule has 0 fully saturated rings. The third kappa shape index (κ3) is 10.7. The number of rotatable bonds is 9. The summed E-state index contributed by atoms with van der Waals surface area (Å²) in [6.07, 6.45) is 4.95. The molecular formula is C22H39N5O2. The Morgan fingerprint density at radius 3 is 2.62 bits per heavy atom. The van der Waals surface area contributed by atoms with Crippen LogP contribution in [-0.2, 0) is 11.2 Å². The van der Waals surface area contributed by atoms with Crippen molar-refractivity contribution in [3.8, 4) is 0 Å². The van der Waals surface area contributed by atoms with Crippen LogP contribution >= 0.6 is 0 Å². The Morgan fingerprint density at radius 2 is 2.07 bits per heavy atom. The highest BCUT2D eigenvalue weighted by atomic mass is 16.6. The molecule has 1 atom stereocenters. The molecule has 0 aromatic carbocycles. The smallest absolute Gasteiger partial charge is 0.407 e. The molecule has 0 aliphatic heterocycles. The van der Waals surface area contributed by atoms with E-state index in [0.29, 0.717) is 12.5 Å². The van der Waals surface area contributed by atoms with Crippen molar-refractivity contribution < 1.29 is 9.53 Å². The van der Waals surface area contributed by atoms with Gasteiger partial charge in [-0.3, -0.25) is 9.98 Å². The highest BCUT2D eigenvalue weighted by Crippen LogP contribution is 2.11. The number of aliphatic imine (C=N–C) groups is 1. The number of aromatic nitrogens is 1. The van der Waals surface area contributed by atoms with Crippen molar-refractivity contribution in [2.24, 2.45) is 10.9 Å². The Kier molecular flexibility index (Phi) is 10.5. The van der Waals surface area contributed by atoms with E-state index in [1.165, 1.54) is 5.56 Å². The van der Waals surface area contributed by atoms with Crippen molar-refractivity contribution in [1.82, 2.24) is 20.5 Å². The molecule has 1 unspecified atom stereocenters. The molecule has 1 heterocycles. The second kappa shape index (κ2) is 12.3. The quantitative estimate of drug-likeness (QED) is 0.486. The first-order valence-electron chi connectivity index (χ1n) is 10.5. The van der Waals surface area contributed by atoms with Crippen molar-refractivity contribution in [1.29, 1.82) is 0 Å². The summed E-state index contributed by atoms with van der Waals surface area (Å²) >= 11 is 0. The van der Waals surface area contributed by atoms with Crippen LogP contribution in [0.4, 0.5) is 4.79 Å². The zero-order chi connectivity index (χ0) is 21.9. The predicted octanol–water partition coefficient (Wildman–Crippen LogP) is 3.46. The molecule has 2 N–H and O–H groups in total. The first kappa shape index (κ1) is 24.7. The monoisotopic (exact) mass is 405 g/mol. The Bertz CT molecular complexity index is 626. The Labute approximate surface area is 176 Å². The van der Waals surface area contributed by atoms with Gasteiger partial charge < -0.3 is 20.3 Å². The van der Waals surface area contributed by atoms with Crippen molar-refractivity contribution in [2.45, 2.75) is 66.0 Å². The number of carbonyl (C=O) groups is 1. The fourth-order valence-corrected chi connectivity index (χ4v) is 2.78. The van der Waals surface area contributed by atoms with Crippen LogP contribution in [0.2, 0.25) is 0 Å². The molecule has 7 nitrogen and oxygen atoms in total. The van der Waals surface area contributed by atoms with Gasteiger partial charge in [-0.25, -0.2) is 4.79 Å². The van der Waals surface area contributed by atoms with E-state index in [-0.39, 0.29) is 12.1 Å². The molecule has 1 aromatic rings. The zero-order valence-electron chi connectivity index (χ0n) is 19.2. The molecule has 0 bridgehead atoms. The molecule has 164 valence electrons. The van der Waals surface area contributed by atoms with Gasteiger partial charge in [0, 0.05) is 45.1 Å². The summed E-state index contributed by atoms with van der Waals surface area (Å²) < 4.78 is 5.40. The van der Waals surface area contributed by atoms with Crippen LogP contribution in [0.1, 0.15) is 53.5 Å². The van der Waals surface area contributed by atoms with E-state index in [9.17, 15) is 4.79 Å². The number of pyridine rings is 1. The predicted molar refractivity (Wildman–Crippen MR) is 119 cm³/mol. The van der Waals surface area contributed by atoms with Gasteiger partial charge in [0.2, 0.25) is 0 Å². The lowest BCUT2D eigenvalue weighted by Gasteiger charge is -2.28. The molecule has 1 amide bonds. The molecule has 0 aliphatic carbocycles. The molecule has 0 spiro atoms. The number of nitrogens with zero attached hydrogens (tertiary/aromatic N) is 3. The van der Waals surface area contributed by atoms with Crippen molar-refractivity contribution in [3.05, 3.63) is 30.1 Å². The summed E-state index contributed by atoms with van der Waals surface area (Å²) in [4.78, 5) is 23.1. The minimum absolute atomic E-state index is 0.0329. The summed E-state index contributed by atoms with van der Waals surface area (Å²) in [7, 11) is 2.02. The molecule has 1 rings (SSSR count). The number of alkyl carbamates (subject to hydrolysis) is 1. The molecule has 29 heavy (non-hydrogen) atoms. The summed E-state index contributed by atoms with van der Waals surface area (Å²) in [6.45, 7) is 14.2. The number of guanidine groups is 1. The topological polar surface area (TPSA) is 78.9 Å². The lowest BCUT2D eigenvalue weighted by Crippen LogP contribution is -2.45. The van der Waals surface area contributed by atoms with Gasteiger partial charge in [0.1, 0.15) is 5.60 Å². The second-order valence-corrected chi connectivity index (χ2v) is 8.55. The van der Waals surface area contributed by atoms with E-state index in [1.54, 1.807) is 6.20 Å². The maximum atomic E-state index is 12.1. The van der Waals surface area contributed by atoms with E-state index in [0.717, 1.165) is 31.9 Å². The van der Waals surface area contributed by atoms with E-state index < -0.39 is 5.60 Å². The number of carbonyl (C=O) groups excluding carboxylic acids is 1. The van der Waals surface area contributed by atoms with Gasteiger partial charge in [-0.2, -0.15) is 0 Å². The average Bonchev–Trinajstić information content (AvgIpc) is 2.63. The zero-order valence-corrected chi connectivity index (χ0v) is 19.2. The molecule has 7 heteroatoms. The summed E-state index contributed by atoms with van der Waals surface area (Å²) in [5.74, 6) is 1.18. The van der Waals surface area contributed by atoms with Gasteiger partial charge in [0.05, 0.1) is 0 Å². The molecule has 1 aromatic heterocycles. The van der Waals surface area contributed by atoms with Gasteiger partial charge >= 0.3 is 6.09 Å². The third-order valence-electron chi connectivity index (χ3n) is 4.36. The van der Waals surface area contributed by atoms with Crippen LogP contribution in [0.25, 0.3) is 0 Å². The second-order valence-electron chi connectivity index (χ2n) is 8.55. The number of hydrogen-bond donors (Lipinski definition) is 2. The van der Waals surface area contributed by atoms with Crippen LogP contribution in [0.5, 0.6) is 0 Å². The highest BCUT2D eigenvalue weighted by molar-refractivity contribution is 5.79. The van der Waals surface area contributed by atoms with E-state index in [1.807, 2.05) is 40.1 Å². The normalized spacial score (nSPS) is 13.2. The summed E-state index contributed by atoms with van der Waals surface area (Å²) in [5, 5.41) is 6.35. The van der Waals surface area contributed by atoms with Gasteiger partial charge in [0.15, 0.2) is 5.96 Å². The largest absolute Gasteiger partial charge is 0.444 e. The number of amides is 1. The minimum atomic E-state index is -0.498. The summed E-state index contributed by atoms with van der Waals surface area (Å²) in [5.41, 5.74) is 0.679.